The van der Waals surface area contributed by atoms with Crippen LogP contribution in [0.2, 0.25) is 0 Å². The van der Waals surface area contributed by atoms with E-state index in [1.54, 1.807) is 7.11 Å². The van der Waals surface area contributed by atoms with Crippen molar-refractivity contribution < 1.29 is 9.53 Å². The summed E-state index contributed by atoms with van der Waals surface area (Å²) in [5, 5.41) is 17.5. The maximum Gasteiger partial charge on any atom is 0.243 e. The molecule has 6 nitrogen and oxygen atoms in total. The van der Waals surface area contributed by atoms with Crippen molar-refractivity contribution >= 4 is 28.9 Å². The number of benzene rings is 1. The number of carbonyl (C=O) groups is 1. The number of thiocarbonyl (C=S) groups is 1. The van der Waals surface area contributed by atoms with Gasteiger partial charge in [-0.15, -0.1) is 0 Å². The number of rotatable bonds is 7. The minimum absolute atomic E-state index is 0.0201. The van der Waals surface area contributed by atoms with Crippen LogP contribution in [-0.2, 0) is 4.79 Å². The highest BCUT2D eigenvalue weighted by molar-refractivity contribution is 7.80. The number of nitrogens with one attached hydrogen (secondary N) is 3. The monoisotopic (exact) mass is 334 g/mol. The van der Waals surface area contributed by atoms with E-state index in [0.29, 0.717) is 17.5 Å². The Labute approximate surface area is 142 Å². The van der Waals surface area contributed by atoms with Gasteiger partial charge in [-0.1, -0.05) is 13.8 Å². The largest absolute Gasteiger partial charge is 0.497 e. The van der Waals surface area contributed by atoms with Crippen LogP contribution in [0.25, 0.3) is 0 Å². The van der Waals surface area contributed by atoms with Gasteiger partial charge in [-0.05, 0) is 48.8 Å². The zero-order chi connectivity index (χ0) is 17.2. The summed E-state index contributed by atoms with van der Waals surface area (Å²) in [5.74, 6) is 0.825. The van der Waals surface area contributed by atoms with E-state index < -0.39 is 6.04 Å². The highest BCUT2D eigenvalue weighted by Crippen LogP contribution is 2.15. The van der Waals surface area contributed by atoms with Gasteiger partial charge in [0.25, 0.3) is 0 Å². The minimum atomic E-state index is -0.485. The second-order valence-electron chi connectivity index (χ2n) is 5.39. The molecule has 0 aliphatic heterocycles. The Morgan fingerprint density at radius 2 is 2.00 bits per heavy atom. The normalized spacial score (nSPS) is 11.3. The number of methoxy groups -OCH3 is 1. The van der Waals surface area contributed by atoms with Gasteiger partial charge in [0.1, 0.15) is 18.3 Å². The molecule has 1 aromatic rings. The van der Waals surface area contributed by atoms with Gasteiger partial charge in [0.2, 0.25) is 5.91 Å². The highest BCUT2D eigenvalue weighted by atomic mass is 32.1. The van der Waals surface area contributed by atoms with Crippen LogP contribution in [0.1, 0.15) is 20.3 Å². The molecule has 0 aliphatic rings. The Kier molecular flexibility index (Phi) is 7.84. The molecule has 0 aromatic heterocycles. The first-order valence-corrected chi connectivity index (χ1v) is 7.73. The first-order chi connectivity index (χ1) is 11.0. The number of ether oxygens (including phenoxy) is 1. The SMILES string of the molecule is COc1ccc(NC(=S)N[C@@H](CC(C)C)C(=O)NCC#N)cc1. The Morgan fingerprint density at radius 1 is 1.35 bits per heavy atom. The Morgan fingerprint density at radius 3 is 2.52 bits per heavy atom. The summed E-state index contributed by atoms with van der Waals surface area (Å²) in [4.78, 5) is 12.1. The predicted molar refractivity (Wildman–Crippen MR) is 94.2 cm³/mol. The fourth-order valence-corrected chi connectivity index (χ4v) is 2.21. The molecule has 1 aromatic carbocycles. The lowest BCUT2D eigenvalue weighted by molar-refractivity contribution is -0.122. The molecule has 0 aliphatic carbocycles. The van der Waals surface area contributed by atoms with Gasteiger partial charge in [-0.25, -0.2) is 0 Å². The van der Waals surface area contributed by atoms with E-state index in [0.717, 1.165) is 11.4 Å². The van der Waals surface area contributed by atoms with Crippen molar-refractivity contribution in [1.29, 1.82) is 5.26 Å². The quantitative estimate of drug-likeness (QED) is 0.522. The fourth-order valence-electron chi connectivity index (χ4n) is 1.95. The van der Waals surface area contributed by atoms with E-state index >= 15 is 0 Å². The standard InChI is InChI=1S/C16H22N4O2S/c1-11(2)10-14(15(21)18-9-8-17)20-16(23)19-12-4-6-13(22-3)7-5-12/h4-7,11,14H,9-10H2,1-3H3,(H,18,21)(H2,19,20,23)/t14-/m0/s1. The number of hydrogen-bond acceptors (Lipinski definition) is 4. The second-order valence-corrected chi connectivity index (χ2v) is 5.79. The van der Waals surface area contributed by atoms with Crippen LogP contribution in [0.4, 0.5) is 5.69 Å². The zero-order valence-corrected chi connectivity index (χ0v) is 14.4. The topological polar surface area (TPSA) is 86.2 Å². The maximum absolute atomic E-state index is 12.1. The van der Waals surface area contributed by atoms with Crippen molar-refractivity contribution in [2.45, 2.75) is 26.3 Å². The number of hydrogen-bond donors (Lipinski definition) is 3. The van der Waals surface area contributed by atoms with Crippen LogP contribution in [0.15, 0.2) is 24.3 Å². The summed E-state index contributed by atoms with van der Waals surface area (Å²) in [6.07, 6.45) is 0.613. The summed E-state index contributed by atoms with van der Waals surface area (Å²) in [5.41, 5.74) is 0.795. The van der Waals surface area contributed by atoms with Gasteiger partial charge in [-0.3, -0.25) is 4.79 Å². The third-order valence-corrected chi connectivity index (χ3v) is 3.24. The van der Waals surface area contributed by atoms with Gasteiger partial charge >= 0.3 is 0 Å². The van der Waals surface area contributed by atoms with Crippen molar-refractivity contribution in [2.24, 2.45) is 5.92 Å². The first kappa shape index (κ1) is 18.7. The van der Waals surface area contributed by atoms with Crippen LogP contribution in [0, 0.1) is 17.2 Å². The van der Waals surface area contributed by atoms with Crippen molar-refractivity contribution in [3.05, 3.63) is 24.3 Å². The van der Waals surface area contributed by atoms with E-state index in [9.17, 15) is 4.79 Å². The maximum atomic E-state index is 12.1. The molecular formula is C16H22N4O2S. The molecule has 124 valence electrons. The number of nitrogens with zero attached hydrogens (tertiary/aromatic N) is 1. The summed E-state index contributed by atoms with van der Waals surface area (Å²) < 4.78 is 5.10. The fraction of sp³-hybridized carbons (Fsp3) is 0.438. The molecule has 0 unspecified atom stereocenters. The molecule has 1 amide bonds. The molecule has 7 heteroatoms. The van der Waals surface area contributed by atoms with Crippen LogP contribution >= 0.6 is 12.2 Å². The van der Waals surface area contributed by atoms with Crippen molar-refractivity contribution in [1.82, 2.24) is 10.6 Å². The molecule has 0 saturated heterocycles. The molecule has 0 saturated carbocycles. The summed E-state index contributed by atoms with van der Waals surface area (Å²) >= 11 is 5.26. The third kappa shape index (κ3) is 6.98. The molecule has 0 radical (unpaired) electrons. The van der Waals surface area contributed by atoms with E-state index in [2.05, 4.69) is 16.0 Å². The Balaban J connectivity index is 2.64. The van der Waals surface area contributed by atoms with Crippen LogP contribution in [-0.4, -0.2) is 30.7 Å². The first-order valence-electron chi connectivity index (χ1n) is 7.32. The third-order valence-electron chi connectivity index (χ3n) is 3.02. The van der Waals surface area contributed by atoms with Gasteiger partial charge in [0, 0.05) is 5.69 Å². The molecular weight excluding hydrogens is 312 g/mol. The molecule has 3 N–H and O–H groups in total. The number of carbonyl (C=O) groups excluding carboxylic acids is 1. The summed E-state index contributed by atoms with van der Waals surface area (Å²) in [7, 11) is 1.60. The highest BCUT2D eigenvalue weighted by Gasteiger charge is 2.20. The van der Waals surface area contributed by atoms with Crippen LogP contribution in [0.3, 0.4) is 0 Å². The molecule has 0 bridgehead atoms. The lowest BCUT2D eigenvalue weighted by Crippen LogP contribution is -2.48. The second kappa shape index (κ2) is 9.64. The number of nitriles is 1. The van der Waals surface area contributed by atoms with Crippen molar-refractivity contribution in [3.8, 4) is 11.8 Å². The van der Waals surface area contributed by atoms with Crippen molar-refractivity contribution in [3.63, 3.8) is 0 Å². The van der Waals surface area contributed by atoms with Crippen molar-refractivity contribution in [2.75, 3.05) is 19.0 Å². The lowest BCUT2D eigenvalue weighted by Gasteiger charge is -2.21. The van der Waals surface area contributed by atoms with Gasteiger partial charge in [0.15, 0.2) is 5.11 Å². The van der Waals surface area contributed by atoms with Gasteiger partial charge < -0.3 is 20.7 Å². The zero-order valence-electron chi connectivity index (χ0n) is 13.6. The predicted octanol–water partition coefficient (Wildman–Crippen LogP) is 2.04. The van der Waals surface area contributed by atoms with Gasteiger partial charge in [-0.2, -0.15) is 5.26 Å². The van der Waals surface area contributed by atoms with E-state index in [-0.39, 0.29) is 12.5 Å². The molecule has 1 rings (SSSR count). The van der Waals surface area contributed by atoms with E-state index in [4.69, 9.17) is 22.2 Å². The van der Waals surface area contributed by atoms with Crippen LogP contribution in [0.5, 0.6) is 5.75 Å². The minimum Gasteiger partial charge on any atom is -0.497 e. The molecule has 0 fully saturated rings. The smallest absolute Gasteiger partial charge is 0.243 e. The Hall–Kier alpha value is -2.33. The number of anilines is 1. The van der Waals surface area contributed by atoms with E-state index in [1.807, 2.05) is 44.2 Å². The Bertz CT molecular complexity index is 566. The summed E-state index contributed by atoms with van der Waals surface area (Å²) in [6, 6.07) is 8.70. The molecule has 23 heavy (non-hydrogen) atoms. The molecule has 1 atom stereocenters. The van der Waals surface area contributed by atoms with E-state index in [1.165, 1.54) is 0 Å². The number of amides is 1. The average molecular weight is 334 g/mol. The lowest BCUT2D eigenvalue weighted by atomic mass is 10.0. The van der Waals surface area contributed by atoms with Crippen LogP contribution < -0.4 is 20.7 Å². The molecule has 0 spiro atoms. The average Bonchev–Trinajstić information content (AvgIpc) is 2.52. The molecule has 0 heterocycles. The van der Waals surface area contributed by atoms with Gasteiger partial charge in [0.05, 0.1) is 13.2 Å². The summed E-state index contributed by atoms with van der Waals surface area (Å²) in [6.45, 7) is 4.02.